The van der Waals surface area contributed by atoms with Crippen LogP contribution in [0.3, 0.4) is 0 Å². The van der Waals surface area contributed by atoms with Gasteiger partial charge in [-0.3, -0.25) is 9.57 Å². The molecule has 0 aliphatic carbocycles. The van der Waals surface area contributed by atoms with E-state index in [-0.39, 0.29) is 19.8 Å². The molecule has 1 aromatic rings. The van der Waals surface area contributed by atoms with Crippen LogP contribution in [0.4, 0.5) is 0 Å². The van der Waals surface area contributed by atoms with Gasteiger partial charge in [-0.2, -0.15) is 5.11 Å². The van der Waals surface area contributed by atoms with Crippen LogP contribution in [0.1, 0.15) is 25.2 Å². The molecular weight excluding hydrogens is 333 g/mol. The zero-order chi connectivity index (χ0) is 17.6. The maximum Gasteiger partial charge on any atom is 0.359 e. The van der Waals surface area contributed by atoms with Crippen molar-refractivity contribution in [2.24, 2.45) is 10.3 Å². The van der Waals surface area contributed by atoms with Crippen molar-refractivity contribution in [3.05, 3.63) is 35.9 Å². The van der Waals surface area contributed by atoms with E-state index in [1.165, 1.54) is 12.1 Å². The Morgan fingerprint density at radius 3 is 2.46 bits per heavy atom. The van der Waals surface area contributed by atoms with Crippen molar-refractivity contribution in [1.82, 2.24) is 5.01 Å². The fourth-order valence-electron chi connectivity index (χ4n) is 2.47. The Hall–Kier alpha value is -1.76. The summed E-state index contributed by atoms with van der Waals surface area (Å²) in [7, 11) is -2.25. The molecule has 132 valence electrons. The molecule has 0 spiro atoms. The number of carbonyl (C=O) groups is 1. The Bertz CT molecular complexity index is 615. The molecule has 0 unspecified atom stereocenters. The first kappa shape index (κ1) is 18.6. The number of ether oxygens (including phenoxy) is 1. The van der Waals surface area contributed by atoms with Gasteiger partial charge >= 0.3 is 13.6 Å². The molecule has 2 rings (SSSR count). The van der Waals surface area contributed by atoms with Gasteiger partial charge < -0.3 is 13.8 Å². The molecule has 1 aliphatic heterocycles. The second kappa shape index (κ2) is 8.37. The van der Waals surface area contributed by atoms with Crippen LogP contribution >= 0.6 is 7.60 Å². The second-order valence-corrected chi connectivity index (χ2v) is 7.11. The summed E-state index contributed by atoms with van der Waals surface area (Å²) in [5.74, 6) is -1.27. The van der Waals surface area contributed by atoms with Crippen LogP contribution in [-0.2, 0) is 23.1 Å². The van der Waals surface area contributed by atoms with Gasteiger partial charge in [0.2, 0.25) is 0 Å². The zero-order valence-corrected chi connectivity index (χ0v) is 14.9. The number of rotatable bonds is 8. The molecule has 0 amide bonds. The van der Waals surface area contributed by atoms with E-state index in [1.54, 1.807) is 13.8 Å². The van der Waals surface area contributed by atoms with E-state index in [2.05, 4.69) is 10.3 Å². The average molecular weight is 355 g/mol. The van der Waals surface area contributed by atoms with Gasteiger partial charge in [-0.15, -0.1) is 0 Å². The Morgan fingerprint density at radius 2 is 1.92 bits per heavy atom. The van der Waals surface area contributed by atoms with Crippen molar-refractivity contribution in [3.63, 3.8) is 0 Å². The van der Waals surface area contributed by atoms with Gasteiger partial charge in [0.1, 0.15) is 0 Å². The first-order valence-electron chi connectivity index (χ1n) is 7.74. The highest BCUT2D eigenvalue weighted by atomic mass is 31.2. The van der Waals surface area contributed by atoms with Gasteiger partial charge in [0.05, 0.1) is 26.9 Å². The lowest BCUT2D eigenvalue weighted by Gasteiger charge is -2.31. The van der Waals surface area contributed by atoms with Crippen LogP contribution in [0, 0.1) is 0 Å². The van der Waals surface area contributed by atoms with Crippen LogP contribution < -0.4 is 0 Å². The molecule has 9 heteroatoms. The number of hydrogen-bond donors (Lipinski definition) is 0. The number of benzene rings is 1. The van der Waals surface area contributed by atoms with E-state index >= 15 is 0 Å². The third-order valence-corrected chi connectivity index (χ3v) is 5.84. The zero-order valence-electron chi connectivity index (χ0n) is 14.0. The summed E-state index contributed by atoms with van der Waals surface area (Å²) in [6.07, 6.45) is 0. The molecule has 0 saturated carbocycles. The predicted octanol–water partition coefficient (Wildman–Crippen LogP) is 3.18. The summed E-state index contributed by atoms with van der Waals surface area (Å²) in [5, 5.41) is 9.41. The van der Waals surface area contributed by atoms with Crippen molar-refractivity contribution in [2.75, 3.05) is 26.9 Å². The smallest absolute Gasteiger partial charge is 0.359 e. The number of hydrogen-bond acceptors (Lipinski definition) is 8. The lowest BCUT2D eigenvalue weighted by Crippen LogP contribution is -2.31. The van der Waals surface area contributed by atoms with Gasteiger partial charge in [0, 0.05) is 0 Å². The average Bonchev–Trinajstić information content (AvgIpc) is 3.05. The molecule has 1 aromatic carbocycles. The summed E-state index contributed by atoms with van der Waals surface area (Å²) in [4.78, 5) is 11.7. The highest BCUT2D eigenvalue weighted by Crippen LogP contribution is 2.62. The van der Waals surface area contributed by atoms with E-state index in [0.29, 0.717) is 5.56 Å². The SMILES string of the molecule is CCOP(=O)(OCC)[C@H](c1ccccc1)N1C[C@H](C(=O)OC)N=N1. The van der Waals surface area contributed by atoms with Gasteiger partial charge in [-0.1, -0.05) is 35.6 Å². The Labute approximate surface area is 141 Å². The van der Waals surface area contributed by atoms with Gasteiger partial charge in [-0.05, 0) is 19.4 Å². The number of nitrogens with zero attached hydrogens (tertiary/aromatic N) is 3. The molecule has 0 saturated heterocycles. The standard InChI is InChI=1S/C15H22N3O5P/c1-4-22-24(20,23-5-2)14(12-9-7-6-8-10-12)18-11-13(16-17-18)15(19)21-3/h6-10,13-14H,4-5,11H2,1-3H3/t13-,14-/m1/s1. The summed E-state index contributed by atoms with van der Waals surface area (Å²) in [6.45, 7) is 4.10. The molecule has 8 nitrogen and oxygen atoms in total. The maximum absolute atomic E-state index is 13.3. The van der Waals surface area contributed by atoms with E-state index in [9.17, 15) is 9.36 Å². The lowest BCUT2D eigenvalue weighted by molar-refractivity contribution is -0.142. The Balaban J connectivity index is 2.36. The molecule has 1 heterocycles. The molecule has 0 aromatic heterocycles. The molecule has 0 bridgehead atoms. The molecule has 0 fully saturated rings. The summed E-state index contributed by atoms with van der Waals surface area (Å²) < 4.78 is 29.0. The summed E-state index contributed by atoms with van der Waals surface area (Å²) >= 11 is 0. The van der Waals surface area contributed by atoms with Gasteiger partial charge in [-0.25, -0.2) is 4.79 Å². The third-order valence-electron chi connectivity index (χ3n) is 3.44. The minimum Gasteiger partial charge on any atom is -0.467 e. The van der Waals surface area contributed by atoms with Crippen molar-refractivity contribution < 1.29 is 23.1 Å². The number of methoxy groups -OCH3 is 1. The molecule has 24 heavy (non-hydrogen) atoms. The summed E-state index contributed by atoms with van der Waals surface area (Å²) in [6, 6.07) is 8.39. The molecule has 2 atom stereocenters. The Kier molecular flexibility index (Phi) is 6.48. The van der Waals surface area contributed by atoms with E-state index < -0.39 is 25.4 Å². The number of esters is 1. The highest BCUT2D eigenvalue weighted by Gasteiger charge is 2.44. The highest BCUT2D eigenvalue weighted by molar-refractivity contribution is 7.54. The fourth-order valence-corrected chi connectivity index (χ4v) is 4.55. The molecule has 0 N–H and O–H groups in total. The largest absolute Gasteiger partial charge is 0.467 e. The summed E-state index contributed by atoms with van der Waals surface area (Å²) in [5.41, 5.74) is 0.715. The monoisotopic (exact) mass is 355 g/mol. The van der Waals surface area contributed by atoms with Crippen molar-refractivity contribution in [2.45, 2.75) is 25.7 Å². The van der Waals surface area contributed by atoms with Crippen molar-refractivity contribution in [3.8, 4) is 0 Å². The minimum atomic E-state index is -3.55. The quantitative estimate of drug-likeness (QED) is 0.525. The topological polar surface area (TPSA) is 89.8 Å². The Morgan fingerprint density at radius 1 is 1.29 bits per heavy atom. The molecule has 0 radical (unpaired) electrons. The normalized spacial score (nSPS) is 18.6. The molecule has 1 aliphatic rings. The van der Waals surface area contributed by atoms with Crippen LogP contribution in [0.5, 0.6) is 0 Å². The minimum absolute atomic E-state index is 0.149. The van der Waals surface area contributed by atoms with E-state index in [1.807, 2.05) is 30.3 Å². The van der Waals surface area contributed by atoms with Gasteiger partial charge in [0.15, 0.2) is 11.8 Å². The van der Waals surface area contributed by atoms with E-state index in [4.69, 9.17) is 13.8 Å². The van der Waals surface area contributed by atoms with Gasteiger partial charge in [0.25, 0.3) is 0 Å². The third kappa shape index (κ3) is 4.01. The van der Waals surface area contributed by atoms with E-state index in [0.717, 1.165) is 0 Å². The van der Waals surface area contributed by atoms with Crippen LogP contribution in [0.2, 0.25) is 0 Å². The van der Waals surface area contributed by atoms with Crippen LogP contribution in [0.25, 0.3) is 0 Å². The first-order valence-corrected chi connectivity index (χ1v) is 9.35. The van der Waals surface area contributed by atoms with Crippen molar-refractivity contribution >= 4 is 13.6 Å². The molecular formula is C15H22N3O5P. The van der Waals surface area contributed by atoms with Crippen LogP contribution in [0.15, 0.2) is 40.7 Å². The first-order chi connectivity index (χ1) is 11.6. The van der Waals surface area contributed by atoms with Crippen LogP contribution in [-0.4, -0.2) is 43.9 Å². The number of carbonyl (C=O) groups excluding carboxylic acids is 1. The fraction of sp³-hybridized carbons (Fsp3) is 0.533. The maximum atomic E-state index is 13.3. The lowest BCUT2D eigenvalue weighted by atomic mass is 10.2. The second-order valence-electron chi connectivity index (χ2n) is 5.03. The van der Waals surface area contributed by atoms with Crippen molar-refractivity contribution in [1.29, 1.82) is 0 Å². The predicted molar refractivity (Wildman–Crippen MR) is 87.4 cm³/mol.